The lowest BCUT2D eigenvalue weighted by molar-refractivity contribution is -0.133. The summed E-state index contributed by atoms with van der Waals surface area (Å²) >= 11 is 1.55. The molecule has 7 nitrogen and oxygen atoms in total. The second-order valence-corrected chi connectivity index (χ2v) is 7.36. The molecule has 1 aromatic carbocycles. The first-order chi connectivity index (χ1) is 13.4. The monoisotopic (exact) mass is 398 g/mol. The van der Waals surface area contributed by atoms with E-state index in [4.69, 9.17) is 4.42 Å². The van der Waals surface area contributed by atoms with Crippen molar-refractivity contribution in [3.05, 3.63) is 52.0 Å². The third kappa shape index (κ3) is 4.83. The first-order valence-corrected chi connectivity index (χ1v) is 9.83. The molecule has 0 aliphatic carbocycles. The average Bonchev–Trinajstić information content (AvgIpc) is 3.34. The minimum atomic E-state index is -0.231. The van der Waals surface area contributed by atoms with Crippen LogP contribution >= 0.6 is 11.3 Å². The highest BCUT2D eigenvalue weighted by molar-refractivity contribution is 7.08. The van der Waals surface area contributed by atoms with Crippen LogP contribution < -0.4 is 5.32 Å². The Balaban J connectivity index is 1.50. The van der Waals surface area contributed by atoms with Crippen molar-refractivity contribution >= 4 is 28.8 Å². The molecule has 146 valence electrons. The number of nitrogens with one attached hydrogen (secondary N) is 1. The van der Waals surface area contributed by atoms with Gasteiger partial charge in [-0.05, 0) is 36.4 Å². The molecule has 0 spiro atoms. The van der Waals surface area contributed by atoms with E-state index in [0.717, 1.165) is 22.4 Å². The Bertz CT molecular complexity index is 946. The molecule has 0 bridgehead atoms. The summed E-state index contributed by atoms with van der Waals surface area (Å²) in [5.74, 6) is 0.464. The average molecular weight is 398 g/mol. The van der Waals surface area contributed by atoms with Crippen molar-refractivity contribution in [3.8, 4) is 11.5 Å². The molecule has 2 heterocycles. The molecule has 0 saturated carbocycles. The SMILES string of the molecule is Cc1cccc(C)c1NC(=O)CN(C)C(=O)CCc1nnc(-c2ccsc2)o1. The van der Waals surface area contributed by atoms with Gasteiger partial charge in [-0.2, -0.15) is 11.3 Å². The number of anilines is 1. The number of nitrogens with zero attached hydrogens (tertiary/aromatic N) is 3. The molecule has 2 aromatic heterocycles. The molecule has 0 fully saturated rings. The van der Waals surface area contributed by atoms with Crippen LogP contribution in [0.3, 0.4) is 0 Å². The molecule has 0 saturated heterocycles. The van der Waals surface area contributed by atoms with Crippen molar-refractivity contribution in [2.24, 2.45) is 0 Å². The smallest absolute Gasteiger partial charge is 0.248 e. The molecule has 28 heavy (non-hydrogen) atoms. The first kappa shape index (κ1) is 19.8. The van der Waals surface area contributed by atoms with Gasteiger partial charge in [-0.15, -0.1) is 10.2 Å². The van der Waals surface area contributed by atoms with Crippen LogP contribution in [0, 0.1) is 13.8 Å². The van der Waals surface area contributed by atoms with Crippen molar-refractivity contribution in [1.29, 1.82) is 0 Å². The summed E-state index contributed by atoms with van der Waals surface area (Å²) in [5, 5.41) is 14.7. The number of hydrogen-bond acceptors (Lipinski definition) is 6. The van der Waals surface area contributed by atoms with Crippen LogP contribution in [0.25, 0.3) is 11.5 Å². The minimum Gasteiger partial charge on any atom is -0.421 e. The van der Waals surface area contributed by atoms with Gasteiger partial charge in [0.1, 0.15) is 0 Å². The normalized spacial score (nSPS) is 10.7. The highest BCUT2D eigenvalue weighted by atomic mass is 32.1. The fraction of sp³-hybridized carbons (Fsp3) is 0.300. The maximum atomic E-state index is 12.3. The molecule has 0 atom stereocenters. The zero-order valence-electron chi connectivity index (χ0n) is 16.1. The third-order valence-electron chi connectivity index (χ3n) is 4.34. The van der Waals surface area contributed by atoms with E-state index in [1.165, 1.54) is 4.90 Å². The standard InChI is InChI=1S/C20H22N4O3S/c1-13-5-4-6-14(2)19(13)21-16(25)11-24(3)18(26)8-7-17-22-23-20(27-17)15-9-10-28-12-15/h4-6,9-10,12H,7-8,11H2,1-3H3,(H,21,25). The van der Waals surface area contributed by atoms with Gasteiger partial charge in [-0.3, -0.25) is 9.59 Å². The van der Waals surface area contributed by atoms with Crippen LogP contribution in [0.5, 0.6) is 0 Å². The summed E-state index contributed by atoms with van der Waals surface area (Å²) in [5.41, 5.74) is 3.64. The van der Waals surface area contributed by atoms with Crippen LogP contribution in [0.2, 0.25) is 0 Å². The van der Waals surface area contributed by atoms with E-state index in [2.05, 4.69) is 15.5 Å². The minimum absolute atomic E-state index is 0.0173. The fourth-order valence-corrected chi connectivity index (χ4v) is 3.39. The van der Waals surface area contributed by atoms with E-state index in [9.17, 15) is 9.59 Å². The van der Waals surface area contributed by atoms with Gasteiger partial charge in [0, 0.05) is 36.5 Å². The number of aryl methyl sites for hydroxylation is 3. The molecule has 3 aromatic rings. The Labute approximate surface area is 167 Å². The molecule has 0 radical (unpaired) electrons. The molecule has 3 rings (SSSR count). The Hall–Kier alpha value is -3.00. The third-order valence-corrected chi connectivity index (χ3v) is 5.02. The summed E-state index contributed by atoms with van der Waals surface area (Å²) in [7, 11) is 1.61. The highest BCUT2D eigenvalue weighted by Gasteiger charge is 2.16. The molecule has 2 amide bonds. The quantitative estimate of drug-likeness (QED) is 0.659. The second-order valence-electron chi connectivity index (χ2n) is 6.58. The lowest BCUT2D eigenvalue weighted by Crippen LogP contribution is -2.35. The number of benzene rings is 1. The summed E-state index contributed by atoms with van der Waals surface area (Å²) in [6.07, 6.45) is 0.525. The lowest BCUT2D eigenvalue weighted by Gasteiger charge is -2.18. The van der Waals surface area contributed by atoms with E-state index < -0.39 is 0 Å². The second kappa shape index (κ2) is 8.79. The zero-order valence-corrected chi connectivity index (χ0v) is 16.9. The van der Waals surface area contributed by atoms with Crippen LogP contribution in [-0.4, -0.2) is 40.5 Å². The number of hydrogen-bond donors (Lipinski definition) is 1. The van der Waals surface area contributed by atoms with Gasteiger partial charge in [0.05, 0.1) is 6.54 Å². The number of likely N-dealkylation sites (N-methyl/N-ethyl adjacent to an activating group) is 1. The van der Waals surface area contributed by atoms with Gasteiger partial charge in [0.2, 0.25) is 23.6 Å². The topological polar surface area (TPSA) is 88.3 Å². The van der Waals surface area contributed by atoms with Crippen molar-refractivity contribution < 1.29 is 14.0 Å². The number of thiophene rings is 1. The first-order valence-electron chi connectivity index (χ1n) is 8.89. The predicted octanol–water partition coefficient (Wildman–Crippen LogP) is 3.44. The summed E-state index contributed by atoms with van der Waals surface area (Å²) in [6.45, 7) is 3.86. The molecule has 0 unspecified atom stereocenters. The van der Waals surface area contributed by atoms with Crippen molar-refractivity contribution in [1.82, 2.24) is 15.1 Å². The largest absolute Gasteiger partial charge is 0.421 e. The maximum absolute atomic E-state index is 12.3. The van der Waals surface area contributed by atoms with Gasteiger partial charge in [-0.25, -0.2) is 0 Å². The van der Waals surface area contributed by atoms with E-state index >= 15 is 0 Å². The number of carbonyl (C=O) groups is 2. The number of carbonyl (C=O) groups excluding carboxylic acids is 2. The van der Waals surface area contributed by atoms with E-state index in [0.29, 0.717) is 18.2 Å². The molecule has 0 aliphatic heterocycles. The van der Waals surface area contributed by atoms with Crippen LogP contribution in [0.15, 0.2) is 39.4 Å². The molecule has 8 heteroatoms. The Morgan fingerprint density at radius 3 is 2.61 bits per heavy atom. The zero-order chi connectivity index (χ0) is 20.1. The van der Waals surface area contributed by atoms with Crippen molar-refractivity contribution in [2.45, 2.75) is 26.7 Å². The van der Waals surface area contributed by atoms with E-state index in [1.54, 1.807) is 18.4 Å². The van der Waals surface area contributed by atoms with Gasteiger partial charge in [0.15, 0.2) is 0 Å². The van der Waals surface area contributed by atoms with Gasteiger partial charge < -0.3 is 14.6 Å². The molecule has 0 aliphatic rings. The summed E-state index contributed by atoms with van der Waals surface area (Å²) in [4.78, 5) is 26.0. The van der Waals surface area contributed by atoms with Crippen LogP contribution in [0.4, 0.5) is 5.69 Å². The van der Waals surface area contributed by atoms with Crippen molar-refractivity contribution in [3.63, 3.8) is 0 Å². The highest BCUT2D eigenvalue weighted by Crippen LogP contribution is 2.21. The van der Waals surface area contributed by atoms with Gasteiger partial charge in [-0.1, -0.05) is 18.2 Å². The summed E-state index contributed by atoms with van der Waals surface area (Å²) < 4.78 is 5.58. The van der Waals surface area contributed by atoms with Crippen LogP contribution in [0.1, 0.15) is 23.4 Å². The number of amides is 2. The molecular formula is C20H22N4O3S. The number of rotatable bonds is 7. The predicted molar refractivity (Wildman–Crippen MR) is 108 cm³/mol. The van der Waals surface area contributed by atoms with E-state index in [-0.39, 0.29) is 24.8 Å². The number of para-hydroxylation sites is 1. The van der Waals surface area contributed by atoms with E-state index in [1.807, 2.05) is 48.9 Å². The Kier molecular flexibility index (Phi) is 6.20. The lowest BCUT2D eigenvalue weighted by atomic mass is 10.1. The fourth-order valence-electron chi connectivity index (χ4n) is 2.76. The van der Waals surface area contributed by atoms with Gasteiger partial charge in [0.25, 0.3) is 0 Å². The number of aromatic nitrogens is 2. The molecular weight excluding hydrogens is 376 g/mol. The Morgan fingerprint density at radius 2 is 1.93 bits per heavy atom. The van der Waals surface area contributed by atoms with Gasteiger partial charge >= 0.3 is 0 Å². The van der Waals surface area contributed by atoms with Crippen molar-refractivity contribution in [2.75, 3.05) is 18.9 Å². The Morgan fingerprint density at radius 1 is 1.18 bits per heavy atom. The summed E-state index contributed by atoms with van der Waals surface area (Å²) in [6, 6.07) is 7.71. The van der Waals surface area contributed by atoms with Crippen LogP contribution in [-0.2, 0) is 16.0 Å². The maximum Gasteiger partial charge on any atom is 0.248 e. The molecule has 1 N–H and O–H groups in total.